The fourth-order valence-electron chi connectivity index (χ4n) is 2.88. The van der Waals surface area contributed by atoms with Crippen LogP contribution >= 0.6 is 0 Å². The van der Waals surface area contributed by atoms with E-state index in [0.29, 0.717) is 17.9 Å². The van der Waals surface area contributed by atoms with Crippen LogP contribution < -0.4 is 4.90 Å². The van der Waals surface area contributed by atoms with Crippen molar-refractivity contribution in [3.8, 4) is 0 Å². The number of nitrogens with zero attached hydrogens (tertiary/aromatic N) is 3. The van der Waals surface area contributed by atoms with Crippen LogP contribution in [0.1, 0.15) is 36.0 Å². The molecule has 0 spiro atoms. The number of carbonyl (C=O) groups excluding carboxylic acids is 1. The van der Waals surface area contributed by atoms with Crippen molar-refractivity contribution < 1.29 is 18.0 Å². The van der Waals surface area contributed by atoms with Gasteiger partial charge in [-0.15, -0.1) is 4.40 Å². The van der Waals surface area contributed by atoms with Crippen LogP contribution in [0, 0.1) is 0 Å². The van der Waals surface area contributed by atoms with Crippen LogP contribution in [0.2, 0.25) is 0 Å². The van der Waals surface area contributed by atoms with Crippen molar-refractivity contribution >= 4 is 27.5 Å². The first-order valence-corrected chi connectivity index (χ1v) is 8.95. The summed E-state index contributed by atoms with van der Waals surface area (Å²) < 4.78 is 28.9. The van der Waals surface area contributed by atoms with E-state index in [-0.39, 0.29) is 10.5 Å². The average Bonchev–Trinajstić information content (AvgIpc) is 2.77. The molecule has 0 bridgehead atoms. The summed E-state index contributed by atoms with van der Waals surface area (Å²) in [6.07, 6.45) is 3.65. The smallest absolute Gasteiger partial charge is 0.286 e. The monoisotopic (exact) mass is 337 g/mol. The quantitative estimate of drug-likeness (QED) is 0.769. The van der Waals surface area contributed by atoms with Crippen molar-refractivity contribution in [1.82, 2.24) is 5.06 Å². The molecule has 0 aliphatic carbocycles. The predicted octanol–water partition coefficient (Wildman–Crippen LogP) is 1.80. The summed E-state index contributed by atoms with van der Waals surface area (Å²) in [5.74, 6) is 0.194. The van der Waals surface area contributed by atoms with Gasteiger partial charge in [0, 0.05) is 25.6 Å². The second kappa shape index (κ2) is 5.93. The lowest BCUT2D eigenvalue weighted by Crippen LogP contribution is -2.35. The van der Waals surface area contributed by atoms with Crippen LogP contribution in [0.25, 0.3) is 0 Å². The molecule has 1 aromatic carbocycles. The van der Waals surface area contributed by atoms with Gasteiger partial charge in [-0.3, -0.25) is 9.63 Å². The van der Waals surface area contributed by atoms with E-state index in [0.717, 1.165) is 30.9 Å². The molecule has 0 radical (unpaired) electrons. The summed E-state index contributed by atoms with van der Waals surface area (Å²) in [5, 5.41) is 1.05. The first-order chi connectivity index (χ1) is 10.9. The SMILES string of the molecule is CON(C)C(=O)c1ccc2c(c1)S(=O)(=O)N=C1CCCCCN12. The minimum atomic E-state index is -3.78. The maximum Gasteiger partial charge on any atom is 0.286 e. The summed E-state index contributed by atoms with van der Waals surface area (Å²) in [6.45, 7) is 0.743. The molecular weight excluding hydrogens is 318 g/mol. The van der Waals surface area contributed by atoms with Crippen LogP contribution in [0.15, 0.2) is 27.5 Å². The Hall–Kier alpha value is -1.93. The Labute approximate surface area is 135 Å². The van der Waals surface area contributed by atoms with E-state index in [1.165, 1.54) is 20.2 Å². The van der Waals surface area contributed by atoms with Gasteiger partial charge in [-0.1, -0.05) is 6.42 Å². The molecule has 1 fully saturated rings. The first kappa shape index (κ1) is 15.9. The van der Waals surface area contributed by atoms with E-state index in [2.05, 4.69) is 4.40 Å². The van der Waals surface area contributed by atoms with E-state index in [1.54, 1.807) is 12.1 Å². The molecule has 1 aromatic rings. The van der Waals surface area contributed by atoms with Gasteiger partial charge in [-0.05, 0) is 31.0 Å². The molecule has 124 valence electrons. The molecule has 2 aliphatic heterocycles. The second-order valence-electron chi connectivity index (χ2n) is 5.61. The van der Waals surface area contributed by atoms with Crippen molar-refractivity contribution in [2.24, 2.45) is 4.40 Å². The zero-order chi connectivity index (χ0) is 16.6. The number of benzene rings is 1. The third kappa shape index (κ3) is 2.84. The highest BCUT2D eigenvalue weighted by molar-refractivity contribution is 7.90. The molecule has 2 aliphatic rings. The number of hydrogen-bond acceptors (Lipinski definition) is 5. The third-order valence-electron chi connectivity index (χ3n) is 4.15. The Bertz CT molecular complexity index is 773. The number of amidine groups is 1. The Morgan fingerprint density at radius 1 is 1.30 bits per heavy atom. The van der Waals surface area contributed by atoms with Gasteiger partial charge in [0.05, 0.1) is 12.8 Å². The molecule has 0 saturated carbocycles. The molecular formula is C15H19N3O4S. The molecule has 3 rings (SSSR count). The van der Waals surface area contributed by atoms with Crippen LogP contribution in [0.4, 0.5) is 5.69 Å². The van der Waals surface area contributed by atoms with Crippen molar-refractivity contribution in [2.75, 3.05) is 25.6 Å². The number of anilines is 1. The minimum Gasteiger partial charge on any atom is -0.328 e. The number of amides is 1. The molecule has 0 atom stereocenters. The van der Waals surface area contributed by atoms with Crippen LogP contribution in [-0.2, 0) is 14.9 Å². The number of sulfonamides is 1. The molecule has 1 amide bonds. The fourth-order valence-corrected chi connectivity index (χ4v) is 4.16. The molecule has 0 N–H and O–H groups in total. The fraction of sp³-hybridized carbons (Fsp3) is 0.467. The van der Waals surface area contributed by atoms with Gasteiger partial charge < -0.3 is 4.90 Å². The highest BCUT2D eigenvalue weighted by Crippen LogP contribution is 2.35. The summed E-state index contributed by atoms with van der Waals surface area (Å²) >= 11 is 0. The third-order valence-corrected chi connectivity index (χ3v) is 5.49. The van der Waals surface area contributed by atoms with Crippen LogP contribution in [0.3, 0.4) is 0 Å². The Morgan fingerprint density at radius 2 is 2.09 bits per heavy atom. The molecule has 2 heterocycles. The van der Waals surface area contributed by atoms with Gasteiger partial charge in [0.2, 0.25) is 0 Å². The number of carbonyl (C=O) groups is 1. The largest absolute Gasteiger partial charge is 0.328 e. The number of fused-ring (bicyclic) bond motifs is 3. The van der Waals surface area contributed by atoms with Crippen LogP contribution in [-0.4, -0.2) is 45.9 Å². The van der Waals surface area contributed by atoms with Crippen LogP contribution in [0.5, 0.6) is 0 Å². The zero-order valence-corrected chi connectivity index (χ0v) is 14.0. The lowest BCUT2D eigenvalue weighted by molar-refractivity contribution is -0.0757. The van der Waals surface area contributed by atoms with Gasteiger partial charge in [0.25, 0.3) is 15.9 Å². The summed E-state index contributed by atoms with van der Waals surface area (Å²) in [5.41, 5.74) is 0.860. The summed E-state index contributed by atoms with van der Waals surface area (Å²) in [4.78, 5) is 19.1. The van der Waals surface area contributed by atoms with Crippen molar-refractivity contribution in [3.63, 3.8) is 0 Å². The number of rotatable bonds is 2. The molecule has 1 saturated heterocycles. The van der Waals surface area contributed by atoms with E-state index in [1.807, 2.05) is 4.90 Å². The summed E-state index contributed by atoms with van der Waals surface area (Å²) in [6, 6.07) is 4.69. The average molecular weight is 337 g/mol. The summed E-state index contributed by atoms with van der Waals surface area (Å²) in [7, 11) is -0.933. The topological polar surface area (TPSA) is 79.3 Å². The second-order valence-corrected chi connectivity index (χ2v) is 7.19. The lowest BCUT2D eigenvalue weighted by atomic mass is 10.1. The van der Waals surface area contributed by atoms with Gasteiger partial charge >= 0.3 is 0 Å². The predicted molar refractivity (Wildman–Crippen MR) is 86.0 cm³/mol. The highest BCUT2D eigenvalue weighted by atomic mass is 32.2. The highest BCUT2D eigenvalue weighted by Gasteiger charge is 2.32. The van der Waals surface area contributed by atoms with Crippen molar-refractivity contribution in [2.45, 2.75) is 30.6 Å². The molecule has 7 nitrogen and oxygen atoms in total. The zero-order valence-electron chi connectivity index (χ0n) is 13.2. The van der Waals surface area contributed by atoms with Crippen molar-refractivity contribution in [1.29, 1.82) is 0 Å². The van der Waals surface area contributed by atoms with Crippen molar-refractivity contribution in [3.05, 3.63) is 23.8 Å². The lowest BCUT2D eigenvalue weighted by Gasteiger charge is -2.29. The number of hydrogen-bond donors (Lipinski definition) is 0. The van der Waals surface area contributed by atoms with E-state index < -0.39 is 15.9 Å². The van der Waals surface area contributed by atoms with Gasteiger partial charge in [-0.2, -0.15) is 8.42 Å². The normalized spacial score (nSPS) is 19.2. The maximum absolute atomic E-state index is 12.5. The maximum atomic E-state index is 12.5. The van der Waals surface area contributed by atoms with E-state index >= 15 is 0 Å². The van der Waals surface area contributed by atoms with E-state index in [4.69, 9.17) is 4.84 Å². The Balaban J connectivity index is 2.09. The standard InChI is InChI=1S/C15H19N3O4S/c1-17(22-2)15(19)11-7-8-12-13(10-11)23(20,21)16-14-6-4-3-5-9-18(12)14/h7-8,10H,3-6,9H2,1-2H3. The van der Waals surface area contributed by atoms with Gasteiger partial charge in [0.1, 0.15) is 10.7 Å². The van der Waals surface area contributed by atoms with E-state index in [9.17, 15) is 13.2 Å². The van der Waals surface area contributed by atoms with Gasteiger partial charge in [0.15, 0.2) is 0 Å². The molecule has 8 heteroatoms. The Kier molecular flexibility index (Phi) is 4.11. The first-order valence-electron chi connectivity index (χ1n) is 7.51. The number of hydroxylamine groups is 2. The Morgan fingerprint density at radius 3 is 2.83 bits per heavy atom. The minimum absolute atomic E-state index is 0.0819. The molecule has 23 heavy (non-hydrogen) atoms. The van der Waals surface area contributed by atoms with Gasteiger partial charge in [-0.25, -0.2) is 5.06 Å². The molecule has 0 unspecified atom stereocenters. The molecule has 0 aromatic heterocycles.